The summed E-state index contributed by atoms with van der Waals surface area (Å²) in [7, 11) is 0. The van der Waals surface area contributed by atoms with E-state index in [0.717, 1.165) is 34.5 Å². The Balaban J connectivity index is 1.63. The van der Waals surface area contributed by atoms with Crippen LogP contribution in [0.2, 0.25) is 0 Å². The van der Waals surface area contributed by atoms with Crippen molar-refractivity contribution in [1.29, 1.82) is 0 Å². The molecule has 2 aliphatic heterocycles. The van der Waals surface area contributed by atoms with Gasteiger partial charge in [0.15, 0.2) is 5.17 Å². The minimum Gasteiger partial charge on any atom is -0.325 e. The molecule has 2 heterocycles. The third kappa shape index (κ3) is 4.09. The van der Waals surface area contributed by atoms with Gasteiger partial charge in [0.2, 0.25) is 5.91 Å². The number of aryl methyl sites for hydroxylation is 2. The van der Waals surface area contributed by atoms with Crippen LogP contribution in [0.1, 0.15) is 49.8 Å². The van der Waals surface area contributed by atoms with Gasteiger partial charge in [0.1, 0.15) is 11.9 Å². The van der Waals surface area contributed by atoms with Gasteiger partial charge in [-0.1, -0.05) is 62.4 Å². The first-order valence-corrected chi connectivity index (χ1v) is 12.0. The van der Waals surface area contributed by atoms with Crippen LogP contribution < -0.4 is 5.32 Å². The molecule has 0 aliphatic carbocycles. The van der Waals surface area contributed by atoms with E-state index >= 15 is 0 Å². The molecule has 0 bridgehead atoms. The van der Waals surface area contributed by atoms with Crippen molar-refractivity contribution in [2.24, 2.45) is 9.98 Å². The van der Waals surface area contributed by atoms with Gasteiger partial charge in [0.25, 0.3) is 5.91 Å². The Morgan fingerprint density at radius 1 is 1.12 bits per heavy atom. The van der Waals surface area contributed by atoms with E-state index in [1.54, 1.807) is 4.90 Å². The molecule has 6 nitrogen and oxygen atoms in total. The van der Waals surface area contributed by atoms with Crippen LogP contribution in [0.4, 0.5) is 11.4 Å². The van der Waals surface area contributed by atoms with Crippen LogP contribution in [-0.4, -0.2) is 39.0 Å². The molecule has 0 aromatic heterocycles. The molecule has 2 aliphatic rings. The zero-order valence-corrected chi connectivity index (χ0v) is 19.7. The number of rotatable bonds is 6. The highest BCUT2D eigenvalue weighted by atomic mass is 32.2. The maximum Gasteiger partial charge on any atom is 0.259 e. The smallest absolute Gasteiger partial charge is 0.259 e. The Labute approximate surface area is 193 Å². The van der Waals surface area contributed by atoms with Gasteiger partial charge in [-0.15, -0.1) is 0 Å². The second-order valence-corrected chi connectivity index (χ2v) is 9.28. The van der Waals surface area contributed by atoms with Crippen LogP contribution in [0.15, 0.2) is 52.4 Å². The van der Waals surface area contributed by atoms with Gasteiger partial charge in [-0.3, -0.25) is 14.6 Å². The Bertz CT molecular complexity index is 1100. The Morgan fingerprint density at radius 2 is 1.84 bits per heavy atom. The summed E-state index contributed by atoms with van der Waals surface area (Å²) in [6.07, 6.45) is 2.18. The number of anilines is 1. The summed E-state index contributed by atoms with van der Waals surface area (Å²) in [5, 5.41) is 3.22. The zero-order valence-electron chi connectivity index (χ0n) is 18.9. The lowest BCUT2D eigenvalue weighted by Gasteiger charge is -2.27. The Kier molecular flexibility index (Phi) is 6.46. The molecule has 166 valence electrons. The number of carbonyl (C=O) groups is 2. The first-order chi connectivity index (χ1) is 15.4. The fourth-order valence-electron chi connectivity index (χ4n) is 4.01. The van der Waals surface area contributed by atoms with E-state index in [-0.39, 0.29) is 11.8 Å². The summed E-state index contributed by atoms with van der Waals surface area (Å²) in [6.45, 7) is 7.99. The lowest BCUT2D eigenvalue weighted by Crippen LogP contribution is -2.42. The van der Waals surface area contributed by atoms with Gasteiger partial charge in [-0.25, -0.2) is 9.89 Å². The average Bonchev–Trinajstić information content (AvgIpc) is 3.11. The lowest BCUT2D eigenvalue weighted by molar-refractivity contribution is -0.124. The van der Waals surface area contributed by atoms with Crippen LogP contribution in [-0.2, 0) is 9.59 Å². The molecule has 32 heavy (non-hydrogen) atoms. The average molecular weight is 449 g/mol. The molecule has 0 saturated heterocycles. The van der Waals surface area contributed by atoms with Gasteiger partial charge in [-0.05, 0) is 49.9 Å². The molecular weight excluding hydrogens is 420 g/mol. The largest absolute Gasteiger partial charge is 0.325 e. The van der Waals surface area contributed by atoms with Gasteiger partial charge in [-0.2, -0.15) is 0 Å². The first-order valence-electron chi connectivity index (χ1n) is 11.1. The molecule has 1 N–H and O–H groups in total. The summed E-state index contributed by atoms with van der Waals surface area (Å²) in [6, 6.07) is 13.3. The van der Waals surface area contributed by atoms with Crippen molar-refractivity contribution in [3.8, 4) is 0 Å². The molecule has 7 heteroatoms. The maximum absolute atomic E-state index is 13.2. The van der Waals surface area contributed by atoms with Crippen molar-refractivity contribution in [2.75, 3.05) is 5.32 Å². The predicted molar refractivity (Wildman–Crippen MR) is 132 cm³/mol. The Hall–Kier alpha value is -2.93. The van der Waals surface area contributed by atoms with Gasteiger partial charge in [0, 0.05) is 11.3 Å². The molecular formula is C25H28N4O2S. The topological polar surface area (TPSA) is 74.1 Å². The standard InChI is InChI=1S/C25H28N4O2S/c1-5-10-19-24(31)29-22(26-19)17-13-7-8-14-18(17)27-25(29)32-20(6-2)23(30)28-21-15(3)11-9-12-16(21)4/h7-9,11-14,19-20H,5-6,10H2,1-4H3,(H,28,30)/t19-,20-/m1/s1. The van der Waals surface area contributed by atoms with Gasteiger partial charge < -0.3 is 5.32 Å². The van der Waals surface area contributed by atoms with Gasteiger partial charge in [0.05, 0.1) is 10.9 Å². The zero-order chi connectivity index (χ0) is 22.8. The van der Waals surface area contributed by atoms with Crippen molar-refractivity contribution in [2.45, 2.75) is 58.2 Å². The monoisotopic (exact) mass is 448 g/mol. The molecule has 4 rings (SSSR count). The van der Waals surface area contributed by atoms with Crippen LogP contribution in [0.5, 0.6) is 0 Å². The number of hydrogen-bond acceptors (Lipinski definition) is 5. The maximum atomic E-state index is 13.2. The summed E-state index contributed by atoms with van der Waals surface area (Å²) >= 11 is 1.33. The number of hydrogen-bond donors (Lipinski definition) is 1. The van der Waals surface area contributed by atoms with Crippen LogP contribution in [0, 0.1) is 13.8 Å². The number of benzene rings is 2. The van der Waals surface area contributed by atoms with E-state index < -0.39 is 11.3 Å². The number of carbonyl (C=O) groups excluding carboxylic acids is 2. The van der Waals surface area contributed by atoms with E-state index in [2.05, 4.69) is 5.32 Å². The number of thioether (sulfide) groups is 1. The van der Waals surface area contributed by atoms with E-state index in [9.17, 15) is 9.59 Å². The molecule has 0 unspecified atom stereocenters. The van der Waals surface area contributed by atoms with Crippen molar-refractivity contribution in [3.63, 3.8) is 0 Å². The molecule has 0 saturated carbocycles. The second kappa shape index (κ2) is 9.28. The number of nitrogens with one attached hydrogen (secondary N) is 1. The van der Waals surface area contributed by atoms with E-state index in [1.807, 2.05) is 70.2 Å². The Morgan fingerprint density at radius 3 is 2.53 bits per heavy atom. The highest BCUT2D eigenvalue weighted by Gasteiger charge is 2.42. The number of fused-ring (bicyclic) bond motifs is 3. The van der Waals surface area contributed by atoms with Crippen LogP contribution >= 0.6 is 11.8 Å². The fourth-order valence-corrected chi connectivity index (χ4v) is 5.03. The normalized spacial score (nSPS) is 17.9. The van der Waals surface area contributed by atoms with Crippen molar-refractivity contribution < 1.29 is 9.59 Å². The second-order valence-electron chi connectivity index (χ2n) is 8.11. The van der Waals surface area contributed by atoms with Crippen molar-refractivity contribution in [1.82, 2.24) is 4.90 Å². The van der Waals surface area contributed by atoms with Crippen LogP contribution in [0.3, 0.4) is 0 Å². The molecule has 2 aromatic carbocycles. The summed E-state index contributed by atoms with van der Waals surface area (Å²) < 4.78 is 0. The SMILES string of the molecule is CCC[C@H]1N=C2c3ccccc3N=C(S[C@H](CC)C(=O)Nc3c(C)cccc3C)N2C1=O. The lowest BCUT2D eigenvalue weighted by atomic mass is 10.1. The number of amides is 2. The third-order valence-corrected chi connectivity index (χ3v) is 7.07. The molecule has 0 radical (unpaired) electrons. The molecule has 2 atom stereocenters. The number of amidine groups is 2. The first kappa shape index (κ1) is 22.3. The van der Waals surface area contributed by atoms with Crippen molar-refractivity contribution in [3.05, 3.63) is 59.2 Å². The molecule has 0 fully saturated rings. The highest BCUT2D eigenvalue weighted by molar-refractivity contribution is 8.15. The third-order valence-electron chi connectivity index (χ3n) is 5.75. The fraction of sp³-hybridized carbons (Fsp3) is 0.360. The molecule has 0 spiro atoms. The highest BCUT2D eigenvalue weighted by Crippen LogP contribution is 2.36. The predicted octanol–water partition coefficient (Wildman–Crippen LogP) is 5.21. The van der Waals surface area contributed by atoms with Crippen LogP contribution in [0.25, 0.3) is 0 Å². The molecule has 2 amide bonds. The van der Waals surface area contributed by atoms with E-state index in [0.29, 0.717) is 23.8 Å². The van der Waals surface area contributed by atoms with E-state index in [4.69, 9.17) is 9.98 Å². The van der Waals surface area contributed by atoms with Gasteiger partial charge >= 0.3 is 0 Å². The quantitative estimate of drug-likeness (QED) is 0.659. The number of nitrogens with zero attached hydrogens (tertiary/aromatic N) is 3. The minimum absolute atomic E-state index is 0.0624. The van der Waals surface area contributed by atoms with Crippen molar-refractivity contribution >= 4 is 46.0 Å². The minimum atomic E-state index is -0.393. The summed E-state index contributed by atoms with van der Waals surface area (Å²) in [5.74, 6) is 0.492. The number of aliphatic imine (C=N–C) groups is 2. The molecule has 2 aromatic rings. The summed E-state index contributed by atoms with van der Waals surface area (Å²) in [5.41, 5.74) is 4.52. The summed E-state index contributed by atoms with van der Waals surface area (Å²) in [4.78, 5) is 37.5. The van der Waals surface area contributed by atoms with E-state index in [1.165, 1.54) is 11.8 Å². The number of para-hydroxylation sites is 2.